The van der Waals surface area contributed by atoms with Crippen molar-refractivity contribution in [2.24, 2.45) is 5.73 Å². The van der Waals surface area contributed by atoms with E-state index in [0.29, 0.717) is 52.1 Å². The molecule has 3 N–H and O–H groups in total. The third-order valence-electron chi connectivity index (χ3n) is 3.58. The highest BCUT2D eigenvalue weighted by atomic mass is 16.5. The minimum atomic E-state index is -0.837. The monoisotopic (exact) mass is 271 g/mol. The van der Waals surface area contributed by atoms with Gasteiger partial charge in [-0.2, -0.15) is 0 Å². The number of ether oxygens (including phenoxy) is 1. The molecule has 1 fully saturated rings. The van der Waals surface area contributed by atoms with Crippen molar-refractivity contribution in [2.75, 3.05) is 32.8 Å². The normalized spacial score (nSPS) is 17.8. The van der Waals surface area contributed by atoms with E-state index in [1.54, 1.807) is 4.90 Å². The molecular weight excluding hydrogens is 246 g/mol. The van der Waals surface area contributed by atoms with Gasteiger partial charge in [-0.3, -0.25) is 9.59 Å². The Morgan fingerprint density at radius 1 is 1.26 bits per heavy atom. The minimum Gasteiger partial charge on any atom is -0.381 e. The maximum atomic E-state index is 12.0. The lowest BCUT2D eigenvalue weighted by Gasteiger charge is -2.31. The zero-order valence-corrected chi connectivity index (χ0v) is 11.9. The summed E-state index contributed by atoms with van der Waals surface area (Å²) in [7, 11) is 0. The first-order valence-corrected chi connectivity index (χ1v) is 6.96. The standard InChI is InChI=1S/C13H25N3O3/c1-3-16(4-2)11(17)5-8-15-12(18)13(14)6-9-19-10-7-13/h3-10,14H2,1-2H3,(H,15,18). The zero-order valence-electron chi connectivity index (χ0n) is 11.9. The Hall–Kier alpha value is -1.14. The summed E-state index contributed by atoms with van der Waals surface area (Å²) in [5.74, 6) is -0.119. The Balaban J connectivity index is 2.32. The quantitative estimate of drug-likeness (QED) is 0.705. The molecule has 2 amide bonds. The second-order valence-corrected chi connectivity index (χ2v) is 4.84. The number of hydrogen-bond donors (Lipinski definition) is 2. The van der Waals surface area contributed by atoms with Crippen molar-refractivity contribution in [1.29, 1.82) is 0 Å². The fourth-order valence-electron chi connectivity index (χ4n) is 2.16. The Bertz CT molecular complexity index is 310. The number of hydrogen-bond acceptors (Lipinski definition) is 4. The van der Waals surface area contributed by atoms with Crippen LogP contribution in [-0.2, 0) is 14.3 Å². The average molecular weight is 271 g/mol. The van der Waals surface area contributed by atoms with Gasteiger partial charge in [0.15, 0.2) is 0 Å². The Labute approximate surface area is 114 Å². The number of carbonyl (C=O) groups is 2. The zero-order chi connectivity index (χ0) is 14.3. The topological polar surface area (TPSA) is 84.7 Å². The lowest BCUT2D eigenvalue weighted by molar-refractivity contribution is -0.131. The first-order chi connectivity index (χ1) is 9.03. The molecule has 1 saturated heterocycles. The molecule has 0 aromatic carbocycles. The maximum Gasteiger partial charge on any atom is 0.240 e. The summed E-state index contributed by atoms with van der Waals surface area (Å²) in [4.78, 5) is 25.5. The number of amides is 2. The van der Waals surface area contributed by atoms with Crippen LogP contribution in [-0.4, -0.2) is 55.1 Å². The second kappa shape index (κ2) is 7.45. The van der Waals surface area contributed by atoms with Crippen LogP contribution in [0.5, 0.6) is 0 Å². The van der Waals surface area contributed by atoms with E-state index in [2.05, 4.69) is 5.32 Å². The number of nitrogens with one attached hydrogen (secondary N) is 1. The highest BCUT2D eigenvalue weighted by Crippen LogP contribution is 2.17. The molecule has 0 saturated carbocycles. The summed E-state index contributed by atoms with van der Waals surface area (Å²) in [6, 6.07) is 0. The van der Waals surface area contributed by atoms with Crippen molar-refractivity contribution in [3.8, 4) is 0 Å². The Morgan fingerprint density at radius 2 is 1.84 bits per heavy atom. The van der Waals surface area contributed by atoms with E-state index in [1.807, 2.05) is 13.8 Å². The number of carbonyl (C=O) groups excluding carboxylic acids is 2. The molecule has 1 aliphatic rings. The molecular formula is C13H25N3O3. The van der Waals surface area contributed by atoms with Crippen LogP contribution in [0.1, 0.15) is 33.1 Å². The Kier molecular flexibility index (Phi) is 6.24. The third-order valence-corrected chi connectivity index (χ3v) is 3.58. The van der Waals surface area contributed by atoms with Gasteiger partial charge in [0, 0.05) is 39.3 Å². The van der Waals surface area contributed by atoms with Gasteiger partial charge in [0.2, 0.25) is 11.8 Å². The summed E-state index contributed by atoms with van der Waals surface area (Å²) < 4.78 is 5.20. The highest BCUT2D eigenvalue weighted by molar-refractivity contribution is 5.86. The molecule has 0 aliphatic carbocycles. The summed E-state index contributed by atoms with van der Waals surface area (Å²) in [5.41, 5.74) is 5.21. The second-order valence-electron chi connectivity index (χ2n) is 4.84. The number of nitrogens with two attached hydrogens (primary N) is 1. The van der Waals surface area contributed by atoms with Gasteiger partial charge in [-0.1, -0.05) is 0 Å². The van der Waals surface area contributed by atoms with Crippen molar-refractivity contribution >= 4 is 11.8 Å². The van der Waals surface area contributed by atoms with Gasteiger partial charge in [-0.25, -0.2) is 0 Å². The van der Waals surface area contributed by atoms with Crippen LogP contribution in [0.4, 0.5) is 0 Å². The molecule has 1 heterocycles. The summed E-state index contributed by atoms with van der Waals surface area (Å²) in [5, 5.41) is 2.76. The fourth-order valence-corrected chi connectivity index (χ4v) is 2.16. The molecule has 19 heavy (non-hydrogen) atoms. The molecule has 6 heteroatoms. The van der Waals surface area contributed by atoms with Crippen molar-refractivity contribution in [2.45, 2.75) is 38.6 Å². The molecule has 0 radical (unpaired) electrons. The van der Waals surface area contributed by atoms with Gasteiger partial charge < -0.3 is 20.7 Å². The predicted molar refractivity (Wildman–Crippen MR) is 72.5 cm³/mol. The molecule has 110 valence electrons. The van der Waals surface area contributed by atoms with Crippen LogP contribution in [0.25, 0.3) is 0 Å². The molecule has 0 aromatic rings. The lowest BCUT2D eigenvalue weighted by Crippen LogP contribution is -2.57. The van der Waals surface area contributed by atoms with E-state index in [0.717, 1.165) is 0 Å². The summed E-state index contributed by atoms with van der Waals surface area (Å²) in [6.07, 6.45) is 1.38. The van der Waals surface area contributed by atoms with Gasteiger partial charge >= 0.3 is 0 Å². The lowest BCUT2D eigenvalue weighted by atomic mass is 9.90. The van der Waals surface area contributed by atoms with E-state index >= 15 is 0 Å². The maximum absolute atomic E-state index is 12.0. The Morgan fingerprint density at radius 3 is 2.37 bits per heavy atom. The van der Waals surface area contributed by atoms with Gasteiger partial charge in [0.25, 0.3) is 0 Å². The molecule has 6 nitrogen and oxygen atoms in total. The molecule has 0 bridgehead atoms. The largest absolute Gasteiger partial charge is 0.381 e. The van der Waals surface area contributed by atoms with Crippen molar-refractivity contribution in [3.63, 3.8) is 0 Å². The van der Waals surface area contributed by atoms with Crippen LogP contribution in [0, 0.1) is 0 Å². The smallest absolute Gasteiger partial charge is 0.240 e. The third kappa shape index (κ3) is 4.47. The average Bonchev–Trinajstić information content (AvgIpc) is 2.41. The predicted octanol–water partition coefficient (Wildman–Crippen LogP) is -0.131. The first-order valence-electron chi connectivity index (χ1n) is 6.96. The van der Waals surface area contributed by atoms with Gasteiger partial charge in [-0.05, 0) is 26.7 Å². The number of rotatable bonds is 6. The molecule has 1 rings (SSSR count). The van der Waals surface area contributed by atoms with Gasteiger partial charge in [0.05, 0.1) is 5.54 Å². The summed E-state index contributed by atoms with van der Waals surface area (Å²) in [6.45, 7) is 6.65. The van der Waals surface area contributed by atoms with Crippen LogP contribution in [0.2, 0.25) is 0 Å². The number of nitrogens with zero attached hydrogens (tertiary/aromatic N) is 1. The molecule has 1 aliphatic heterocycles. The van der Waals surface area contributed by atoms with E-state index in [-0.39, 0.29) is 11.8 Å². The van der Waals surface area contributed by atoms with Crippen LogP contribution >= 0.6 is 0 Å². The first kappa shape index (κ1) is 15.9. The highest BCUT2D eigenvalue weighted by Gasteiger charge is 2.35. The van der Waals surface area contributed by atoms with Crippen molar-refractivity contribution < 1.29 is 14.3 Å². The van der Waals surface area contributed by atoms with E-state index in [1.165, 1.54) is 0 Å². The summed E-state index contributed by atoms with van der Waals surface area (Å²) >= 11 is 0. The van der Waals surface area contributed by atoms with E-state index in [4.69, 9.17) is 10.5 Å². The molecule has 0 spiro atoms. The van der Waals surface area contributed by atoms with Crippen LogP contribution in [0.3, 0.4) is 0 Å². The van der Waals surface area contributed by atoms with Gasteiger partial charge in [0.1, 0.15) is 0 Å². The van der Waals surface area contributed by atoms with Gasteiger partial charge in [-0.15, -0.1) is 0 Å². The van der Waals surface area contributed by atoms with Crippen LogP contribution in [0.15, 0.2) is 0 Å². The molecule has 0 aromatic heterocycles. The molecule has 0 atom stereocenters. The SMILES string of the molecule is CCN(CC)C(=O)CCNC(=O)C1(N)CCOCC1. The van der Waals surface area contributed by atoms with Crippen molar-refractivity contribution in [1.82, 2.24) is 10.2 Å². The van der Waals surface area contributed by atoms with E-state index in [9.17, 15) is 9.59 Å². The van der Waals surface area contributed by atoms with Crippen molar-refractivity contribution in [3.05, 3.63) is 0 Å². The fraction of sp³-hybridized carbons (Fsp3) is 0.846. The van der Waals surface area contributed by atoms with Crippen LogP contribution < -0.4 is 11.1 Å². The minimum absolute atomic E-state index is 0.0587. The van der Waals surface area contributed by atoms with E-state index < -0.39 is 5.54 Å². The molecule has 0 unspecified atom stereocenters.